The molecule has 1 fully saturated rings. The lowest BCUT2D eigenvalue weighted by Crippen LogP contribution is -2.29. The first kappa shape index (κ1) is 10.1. The molecular formula is C13H16N2S. The van der Waals surface area contributed by atoms with E-state index >= 15 is 0 Å². The fourth-order valence-electron chi connectivity index (χ4n) is 2.25. The lowest BCUT2D eigenvalue weighted by molar-refractivity contribution is 0.633. The first-order valence-electron chi connectivity index (χ1n) is 5.86. The summed E-state index contributed by atoms with van der Waals surface area (Å²) >= 11 is 1.80. The molecule has 2 nitrogen and oxygen atoms in total. The lowest BCUT2D eigenvalue weighted by Gasteiger charge is -2.12. The maximum Gasteiger partial charge on any atom is 0.0347 e. The van der Waals surface area contributed by atoms with E-state index in [1.54, 1.807) is 11.3 Å². The number of thiophene rings is 1. The van der Waals surface area contributed by atoms with E-state index in [9.17, 15) is 0 Å². The molecule has 0 saturated carbocycles. The van der Waals surface area contributed by atoms with Gasteiger partial charge in [-0.15, -0.1) is 11.3 Å². The maximum atomic E-state index is 3.51. The molecule has 0 amide bonds. The molecule has 0 radical (unpaired) electrons. The number of hydrogen-bond acceptors (Lipinski definition) is 3. The third-order valence-corrected chi connectivity index (χ3v) is 4.07. The number of fused-ring (bicyclic) bond motifs is 1. The Morgan fingerprint density at radius 2 is 2.38 bits per heavy atom. The minimum atomic E-state index is 0.651. The number of nitrogens with one attached hydrogen (secondary N) is 2. The van der Waals surface area contributed by atoms with E-state index in [4.69, 9.17) is 0 Å². The molecule has 1 atom stereocenters. The number of rotatable bonds is 3. The van der Waals surface area contributed by atoms with E-state index in [0.717, 1.165) is 6.54 Å². The van der Waals surface area contributed by atoms with Crippen molar-refractivity contribution in [2.24, 2.45) is 0 Å². The Hall–Kier alpha value is -1.06. The fraction of sp³-hybridized carbons (Fsp3) is 0.385. The van der Waals surface area contributed by atoms with E-state index in [2.05, 4.69) is 40.3 Å². The zero-order valence-electron chi connectivity index (χ0n) is 9.20. The summed E-state index contributed by atoms with van der Waals surface area (Å²) < 4.78 is 1.37. The molecule has 84 valence electrons. The summed E-state index contributed by atoms with van der Waals surface area (Å²) in [5.74, 6) is 0. The molecule has 2 aromatic rings. The Kier molecular flexibility index (Phi) is 2.80. The largest absolute Gasteiger partial charge is 0.383 e. The van der Waals surface area contributed by atoms with Gasteiger partial charge in [0.2, 0.25) is 0 Å². The van der Waals surface area contributed by atoms with Crippen molar-refractivity contribution in [1.82, 2.24) is 5.32 Å². The minimum Gasteiger partial charge on any atom is -0.383 e. The summed E-state index contributed by atoms with van der Waals surface area (Å²) in [5, 5.41) is 10.5. The Bertz CT molecular complexity index is 471. The Morgan fingerprint density at radius 3 is 3.25 bits per heavy atom. The quantitative estimate of drug-likeness (QED) is 0.850. The molecule has 0 bridgehead atoms. The highest BCUT2D eigenvalue weighted by atomic mass is 32.1. The van der Waals surface area contributed by atoms with Gasteiger partial charge in [0.25, 0.3) is 0 Å². The highest BCUT2D eigenvalue weighted by Crippen LogP contribution is 2.24. The highest BCUT2D eigenvalue weighted by molar-refractivity contribution is 7.17. The molecule has 1 saturated heterocycles. The second kappa shape index (κ2) is 4.44. The van der Waals surface area contributed by atoms with Crippen LogP contribution in [-0.4, -0.2) is 19.1 Å². The SMILES string of the molecule is c1cc2cc(NCC3CCCN3)ccc2s1. The molecule has 2 N–H and O–H groups in total. The van der Waals surface area contributed by atoms with Crippen molar-refractivity contribution in [3.8, 4) is 0 Å². The van der Waals surface area contributed by atoms with Crippen molar-refractivity contribution < 1.29 is 0 Å². The van der Waals surface area contributed by atoms with E-state index < -0.39 is 0 Å². The van der Waals surface area contributed by atoms with Crippen molar-refractivity contribution in [3.63, 3.8) is 0 Å². The van der Waals surface area contributed by atoms with E-state index in [0.29, 0.717) is 6.04 Å². The number of benzene rings is 1. The first-order chi connectivity index (χ1) is 7.92. The van der Waals surface area contributed by atoms with Gasteiger partial charge in [0.05, 0.1) is 0 Å². The van der Waals surface area contributed by atoms with Gasteiger partial charge >= 0.3 is 0 Å². The Balaban J connectivity index is 1.68. The van der Waals surface area contributed by atoms with E-state index in [-0.39, 0.29) is 0 Å². The van der Waals surface area contributed by atoms with Gasteiger partial charge in [0, 0.05) is 23.0 Å². The number of hydrogen-bond donors (Lipinski definition) is 2. The molecule has 3 heteroatoms. The highest BCUT2D eigenvalue weighted by Gasteiger charge is 2.12. The zero-order valence-corrected chi connectivity index (χ0v) is 10.0. The van der Waals surface area contributed by atoms with Gasteiger partial charge in [0.1, 0.15) is 0 Å². The van der Waals surface area contributed by atoms with E-state index in [1.165, 1.54) is 35.2 Å². The summed E-state index contributed by atoms with van der Waals surface area (Å²) in [6.45, 7) is 2.21. The lowest BCUT2D eigenvalue weighted by atomic mass is 10.2. The van der Waals surface area contributed by atoms with Crippen LogP contribution in [0, 0.1) is 0 Å². The van der Waals surface area contributed by atoms with Crippen LogP contribution in [0.3, 0.4) is 0 Å². The topological polar surface area (TPSA) is 24.1 Å². The van der Waals surface area contributed by atoms with Crippen LogP contribution >= 0.6 is 11.3 Å². The molecule has 1 aliphatic rings. The summed E-state index contributed by atoms with van der Waals surface area (Å²) in [7, 11) is 0. The first-order valence-corrected chi connectivity index (χ1v) is 6.74. The molecule has 3 rings (SSSR count). The van der Waals surface area contributed by atoms with E-state index in [1.807, 2.05) is 0 Å². The van der Waals surface area contributed by atoms with Crippen LogP contribution in [0.1, 0.15) is 12.8 Å². The second-order valence-electron chi connectivity index (χ2n) is 4.35. The van der Waals surface area contributed by atoms with Crippen LogP contribution in [0.5, 0.6) is 0 Å². The van der Waals surface area contributed by atoms with Gasteiger partial charge in [0.15, 0.2) is 0 Å². The number of anilines is 1. The van der Waals surface area contributed by atoms with Crippen LogP contribution in [-0.2, 0) is 0 Å². The van der Waals surface area contributed by atoms with Gasteiger partial charge in [-0.2, -0.15) is 0 Å². The minimum absolute atomic E-state index is 0.651. The molecule has 0 aliphatic carbocycles. The summed E-state index contributed by atoms with van der Waals surface area (Å²) in [6.07, 6.45) is 2.61. The smallest absolute Gasteiger partial charge is 0.0347 e. The average Bonchev–Trinajstić information content (AvgIpc) is 2.97. The van der Waals surface area contributed by atoms with Gasteiger partial charge < -0.3 is 10.6 Å². The molecular weight excluding hydrogens is 216 g/mol. The van der Waals surface area contributed by atoms with Crippen molar-refractivity contribution >= 4 is 27.1 Å². The predicted molar refractivity (Wildman–Crippen MR) is 71.3 cm³/mol. The molecule has 1 aromatic carbocycles. The van der Waals surface area contributed by atoms with Crippen LogP contribution in [0.2, 0.25) is 0 Å². The predicted octanol–water partition coefficient (Wildman–Crippen LogP) is 3.07. The van der Waals surface area contributed by atoms with Gasteiger partial charge in [-0.1, -0.05) is 0 Å². The third-order valence-electron chi connectivity index (χ3n) is 3.17. The average molecular weight is 232 g/mol. The summed E-state index contributed by atoms with van der Waals surface area (Å²) in [4.78, 5) is 0. The van der Waals surface area contributed by atoms with Crippen LogP contribution in [0.15, 0.2) is 29.6 Å². The molecule has 16 heavy (non-hydrogen) atoms. The van der Waals surface area contributed by atoms with Crippen LogP contribution < -0.4 is 10.6 Å². The Labute approximate surface area is 99.7 Å². The zero-order chi connectivity index (χ0) is 10.8. The van der Waals surface area contributed by atoms with Crippen molar-refractivity contribution in [2.45, 2.75) is 18.9 Å². The summed E-state index contributed by atoms with van der Waals surface area (Å²) in [6, 6.07) is 9.44. The molecule has 1 unspecified atom stereocenters. The molecule has 2 heterocycles. The molecule has 0 spiro atoms. The second-order valence-corrected chi connectivity index (χ2v) is 5.30. The molecule has 1 aromatic heterocycles. The van der Waals surface area contributed by atoms with Crippen LogP contribution in [0.4, 0.5) is 5.69 Å². The standard InChI is InChI=1S/C13H16N2S/c1-2-12(14-6-1)9-15-11-3-4-13-10(8-11)5-7-16-13/h3-5,7-8,12,14-15H,1-2,6,9H2. The van der Waals surface area contributed by atoms with Crippen molar-refractivity contribution in [2.75, 3.05) is 18.4 Å². The summed E-state index contributed by atoms with van der Waals surface area (Å²) in [5.41, 5.74) is 1.24. The van der Waals surface area contributed by atoms with Crippen LogP contribution in [0.25, 0.3) is 10.1 Å². The normalized spacial score (nSPS) is 20.4. The fourth-order valence-corrected chi connectivity index (χ4v) is 3.02. The van der Waals surface area contributed by atoms with Crippen molar-refractivity contribution in [3.05, 3.63) is 29.6 Å². The third kappa shape index (κ3) is 2.06. The van der Waals surface area contributed by atoms with Crippen molar-refractivity contribution in [1.29, 1.82) is 0 Å². The van der Waals surface area contributed by atoms with Gasteiger partial charge in [-0.05, 0) is 54.4 Å². The Morgan fingerprint density at radius 1 is 1.38 bits per heavy atom. The molecule has 1 aliphatic heterocycles. The van der Waals surface area contributed by atoms with Gasteiger partial charge in [-0.25, -0.2) is 0 Å². The monoisotopic (exact) mass is 232 g/mol. The van der Waals surface area contributed by atoms with Gasteiger partial charge in [-0.3, -0.25) is 0 Å². The maximum absolute atomic E-state index is 3.51.